The van der Waals surface area contributed by atoms with Crippen LogP contribution in [0.2, 0.25) is 0 Å². The lowest BCUT2D eigenvalue weighted by Crippen LogP contribution is -2.26. The smallest absolute Gasteiger partial charge is 0.252 e. The Balaban J connectivity index is 1.90. The second-order valence-corrected chi connectivity index (χ2v) is 4.73. The zero-order chi connectivity index (χ0) is 15.1. The zero-order valence-corrected chi connectivity index (χ0v) is 11.7. The van der Waals surface area contributed by atoms with Gasteiger partial charge >= 0.3 is 0 Å². The molecule has 3 N–H and O–H groups in total. The van der Waals surface area contributed by atoms with Gasteiger partial charge in [-0.25, -0.2) is 0 Å². The summed E-state index contributed by atoms with van der Waals surface area (Å²) in [6.45, 7) is 1.05. The van der Waals surface area contributed by atoms with Crippen molar-refractivity contribution < 1.29 is 9.59 Å². The summed E-state index contributed by atoms with van der Waals surface area (Å²) in [4.78, 5) is 22.9. The molecule has 0 saturated heterocycles. The van der Waals surface area contributed by atoms with Crippen molar-refractivity contribution in [1.29, 1.82) is 0 Å². The zero-order valence-electron chi connectivity index (χ0n) is 11.7. The van der Waals surface area contributed by atoms with Gasteiger partial charge in [0.2, 0.25) is 0 Å². The van der Waals surface area contributed by atoms with Gasteiger partial charge < -0.3 is 11.1 Å². The molecule has 0 radical (unpaired) electrons. The van der Waals surface area contributed by atoms with Crippen LogP contribution in [0.15, 0.2) is 48.5 Å². The maximum atomic E-state index is 12.0. The number of amides is 1. The third-order valence-electron chi connectivity index (χ3n) is 3.29. The molecule has 4 heteroatoms. The molecule has 0 unspecified atom stereocenters. The van der Waals surface area contributed by atoms with Gasteiger partial charge in [0, 0.05) is 24.2 Å². The highest BCUT2D eigenvalue weighted by Crippen LogP contribution is 2.07. The topological polar surface area (TPSA) is 72.2 Å². The average molecular weight is 282 g/mol. The van der Waals surface area contributed by atoms with Crippen molar-refractivity contribution in [3.8, 4) is 0 Å². The molecule has 2 aromatic carbocycles. The standard InChI is InChI=1S/C17H18N2O2/c18-11-14-7-5-13(6-8-14)9-10-19-17(21)16-4-2-1-3-15(16)12-20/h1-8,12H,9-11,18H2,(H,19,21). The second kappa shape index (κ2) is 7.36. The van der Waals surface area contributed by atoms with Crippen LogP contribution in [-0.4, -0.2) is 18.7 Å². The van der Waals surface area contributed by atoms with E-state index in [1.54, 1.807) is 24.3 Å². The fourth-order valence-electron chi connectivity index (χ4n) is 2.06. The molecule has 0 aliphatic carbocycles. The number of rotatable bonds is 6. The van der Waals surface area contributed by atoms with Crippen molar-refractivity contribution in [2.45, 2.75) is 13.0 Å². The van der Waals surface area contributed by atoms with Gasteiger partial charge in [-0.15, -0.1) is 0 Å². The van der Waals surface area contributed by atoms with Gasteiger partial charge in [-0.1, -0.05) is 42.5 Å². The van der Waals surface area contributed by atoms with Crippen LogP contribution >= 0.6 is 0 Å². The molecule has 0 atom stereocenters. The predicted molar refractivity (Wildman–Crippen MR) is 82.2 cm³/mol. The van der Waals surface area contributed by atoms with E-state index >= 15 is 0 Å². The molecular weight excluding hydrogens is 264 g/mol. The van der Waals surface area contributed by atoms with Gasteiger partial charge in [-0.2, -0.15) is 0 Å². The highest BCUT2D eigenvalue weighted by atomic mass is 16.1. The number of hydrogen-bond acceptors (Lipinski definition) is 3. The Morgan fingerprint density at radius 2 is 1.71 bits per heavy atom. The molecule has 2 aromatic rings. The molecule has 0 fully saturated rings. The van der Waals surface area contributed by atoms with Crippen molar-refractivity contribution in [3.05, 3.63) is 70.8 Å². The number of carbonyl (C=O) groups excluding carboxylic acids is 2. The van der Waals surface area contributed by atoms with Gasteiger partial charge in [0.05, 0.1) is 0 Å². The second-order valence-electron chi connectivity index (χ2n) is 4.73. The number of benzene rings is 2. The van der Waals surface area contributed by atoms with Crippen LogP contribution in [-0.2, 0) is 13.0 Å². The third kappa shape index (κ3) is 4.00. The maximum Gasteiger partial charge on any atom is 0.252 e. The van der Waals surface area contributed by atoms with Crippen molar-refractivity contribution in [3.63, 3.8) is 0 Å². The van der Waals surface area contributed by atoms with E-state index in [2.05, 4.69) is 5.32 Å². The van der Waals surface area contributed by atoms with E-state index in [0.717, 1.165) is 17.5 Å². The van der Waals surface area contributed by atoms with Gasteiger partial charge in [0.25, 0.3) is 5.91 Å². The highest BCUT2D eigenvalue weighted by molar-refractivity contribution is 6.01. The van der Waals surface area contributed by atoms with Crippen LogP contribution in [0.5, 0.6) is 0 Å². The summed E-state index contributed by atoms with van der Waals surface area (Å²) in [6, 6.07) is 14.7. The van der Waals surface area contributed by atoms with Crippen LogP contribution in [0.1, 0.15) is 31.8 Å². The molecule has 0 saturated carbocycles. The van der Waals surface area contributed by atoms with Crippen molar-refractivity contribution in [1.82, 2.24) is 5.32 Å². The molecule has 21 heavy (non-hydrogen) atoms. The van der Waals surface area contributed by atoms with Gasteiger partial charge in [-0.3, -0.25) is 9.59 Å². The molecule has 0 heterocycles. The maximum absolute atomic E-state index is 12.0. The Bertz CT molecular complexity index is 621. The van der Waals surface area contributed by atoms with Crippen molar-refractivity contribution >= 4 is 12.2 Å². The summed E-state index contributed by atoms with van der Waals surface area (Å²) >= 11 is 0. The molecule has 0 bridgehead atoms. The van der Waals surface area contributed by atoms with Crippen LogP contribution in [0.25, 0.3) is 0 Å². The summed E-state index contributed by atoms with van der Waals surface area (Å²) in [5.41, 5.74) is 8.58. The first-order chi connectivity index (χ1) is 10.2. The van der Waals surface area contributed by atoms with Crippen LogP contribution in [0, 0.1) is 0 Å². The molecule has 1 amide bonds. The Labute approximate surface area is 124 Å². The number of nitrogens with one attached hydrogen (secondary N) is 1. The monoisotopic (exact) mass is 282 g/mol. The molecule has 0 spiro atoms. The largest absolute Gasteiger partial charge is 0.352 e. The van der Waals surface area contributed by atoms with Gasteiger partial charge in [0.1, 0.15) is 0 Å². The van der Waals surface area contributed by atoms with Crippen molar-refractivity contribution in [2.75, 3.05) is 6.54 Å². The van der Waals surface area contributed by atoms with E-state index in [1.807, 2.05) is 24.3 Å². The Morgan fingerprint density at radius 3 is 2.38 bits per heavy atom. The Morgan fingerprint density at radius 1 is 1.05 bits per heavy atom. The highest BCUT2D eigenvalue weighted by Gasteiger charge is 2.09. The lowest BCUT2D eigenvalue weighted by Gasteiger charge is -2.07. The van der Waals surface area contributed by atoms with E-state index in [4.69, 9.17) is 5.73 Å². The minimum absolute atomic E-state index is 0.226. The summed E-state index contributed by atoms with van der Waals surface area (Å²) in [5.74, 6) is -0.226. The molecule has 108 valence electrons. The van der Waals surface area contributed by atoms with E-state index < -0.39 is 0 Å². The quantitative estimate of drug-likeness (QED) is 0.795. The van der Waals surface area contributed by atoms with E-state index in [9.17, 15) is 9.59 Å². The Hall–Kier alpha value is -2.46. The number of aldehydes is 1. The third-order valence-corrected chi connectivity index (χ3v) is 3.29. The SMILES string of the molecule is NCc1ccc(CCNC(=O)c2ccccc2C=O)cc1. The van der Waals surface area contributed by atoms with Crippen LogP contribution in [0.4, 0.5) is 0 Å². The van der Waals surface area contributed by atoms with Gasteiger partial charge in [0.15, 0.2) is 6.29 Å². The lowest BCUT2D eigenvalue weighted by molar-refractivity contribution is 0.0948. The number of nitrogens with two attached hydrogens (primary N) is 1. The summed E-state index contributed by atoms with van der Waals surface area (Å²) in [7, 11) is 0. The first-order valence-corrected chi connectivity index (χ1v) is 6.85. The van der Waals surface area contributed by atoms with E-state index in [0.29, 0.717) is 30.5 Å². The predicted octanol–water partition coefficient (Wildman–Crippen LogP) is 1.93. The lowest BCUT2D eigenvalue weighted by atomic mass is 10.1. The summed E-state index contributed by atoms with van der Waals surface area (Å²) in [5, 5.41) is 2.83. The first-order valence-electron chi connectivity index (χ1n) is 6.85. The normalized spacial score (nSPS) is 10.1. The first kappa shape index (κ1) is 14.9. The number of hydrogen-bond donors (Lipinski definition) is 2. The molecular formula is C17H18N2O2. The molecule has 4 nitrogen and oxygen atoms in total. The van der Waals surface area contributed by atoms with E-state index in [1.165, 1.54) is 0 Å². The van der Waals surface area contributed by atoms with Crippen molar-refractivity contribution in [2.24, 2.45) is 5.73 Å². The summed E-state index contributed by atoms with van der Waals surface area (Å²) in [6.07, 6.45) is 1.43. The average Bonchev–Trinajstić information content (AvgIpc) is 2.55. The fourth-order valence-corrected chi connectivity index (χ4v) is 2.06. The minimum atomic E-state index is -0.226. The summed E-state index contributed by atoms with van der Waals surface area (Å²) < 4.78 is 0. The molecule has 0 aliphatic heterocycles. The van der Waals surface area contributed by atoms with Crippen LogP contribution in [0.3, 0.4) is 0 Å². The molecule has 0 aromatic heterocycles. The fraction of sp³-hybridized carbons (Fsp3) is 0.176. The molecule has 0 aliphatic rings. The Kier molecular flexibility index (Phi) is 5.23. The number of carbonyl (C=O) groups is 2. The minimum Gasteiger partial charge on any atom is -0.352 e. The molecule has 2 rings (SSSR count). The van der Waals surface area contributed by atoms with Crippen LogP contribution < -0.4 is 11.1 Å². The van der Waals surface area contributed by atoms with Gasteiger partial charge in [-0.05, 0) is 23.6 Å². The van der Waals surface area contributed by atoms with E-state index in [-0.39, 0.29) is 5.91 Å².